The number of ketones is 1. The summed E-state index contributed by atoms with van der Waals surface area (Å²) in [4.78, 5) is 94.0. The molecule has 11 rings (SSSR count). The van der Waals surface area contributed by atoms with E-state index in [4.69, 9.17) is 9.72 Å². The predicted molar refractivity (Wildman–Crippen MR) is 340 cm³/mol. The Balaban J connectivity index is 0.556. The largest absolute Gasteiger partial charge is 0.492 e. The summed E-state index contributed by atoms with van der Waals surface area (Å²) in [6.07, 6.45) is 12.9. The Morgan fingerprint density at radius 3 is 2.34 bits per heavy atom. The fourth-order valence-electron chi connectivity index (χ4n) is 14.6. The van der Waals surface area contributed by atoms with Crippen molar-refractivity contribution in [3.05, 3.63) is 87.6 Å². The molecule has 0 unspecified atom stereocenters. The van der Waals surface area contributed by atoms with E-state index in [9.17, 15) is 24.0 Å². The lowest BCUT2D eigenvalue weighted by Gasteiger charge is -2.48. The zero-order chi connectivity index (χ0) is 62.2. The lowest BCUT2D eigenvalue weighted by atomic mass is 9.82. The number of fused-ring (bicyclic) bond motifs is 1. The molecule has 23 heteroatoms. The van der Waals surface area contributed by atoms with Crippen LogP contribution in [-0.4, -0.2) is 193 Å². The number of hydrogen-bond donors (Lipinski definition) is 5. The molecule has 1 saturated carbocycles. The van der Waals surface area contributed by atoms with Crippen molar-refractivity contribution < 1.29 is 37.5 Å². The molecule has 7 aliphatic rings. The first-order chi connectivity index (χ1) is 43.0. The van der Waals surface area contributed by atoms with Crippen LogP contribution in [-0.2, 0) is 25.7 Å². The van der Waals surface area contributed by atoms with Crippen molar-refractivity contribution in [1.82, 2.24) is 55.8 Å². The maximum absolute atomic E-state index is 15.8. The van der Waals surface area contributed by atoms with Crippen molar-refractivity contribution in [3.63, 3.8) is 0 Å². The van der Waals surface area contributed by atoms with E-state index in [1.165, 1.54) is 23.5 Å². The number of carbonyl (C=O) groups excluding carboxylic acids is 5. The number of halogens is 2. The van der Waals surface area contributed by atoms with Gasteiger partial charge >= 0.3 is 0 Å². The molecular formula is C66H92F2N14O6S. The van der Waals surface area contributed by atoms with E-state index in [1.54, 1.807) is 54.8 Å². The molecule has 8 heterocycles. The molecule has 2 aromatic heterocycles. The summed E-state index contributed by atoms with van der Waals surface area (Å²) in [5.74, 6) is 1.73. The van der Waals surface area contributed by atoms with E-state index < -0.39 is 29.3 Å². The van der Waals surface area contributed by atoms with Gasteiger partial charge in [0, 0.05) is 107 Å². The Morgan fingerprint density at radius 1 is 0.831 bits per heavy atom. The molecule has 6 saturated heterocycles. The third-order valence-electron chi connectivity index (χ3n) is 20.1. The highest BCUT2D eigenvalue weighted by Crippen LogP contribution is 2.39. The molecule has 6 aliphatic heterocycles. The van der Waals surface area contributed by atoms with E-state index in [2.05, 4.69) is 70.0 Å². The molecular weight excluding hydrogens is 1150 g/mol. The topological polar surface area (TPSA) is 213 Å². The average Bonchev–Trinajstić information content (AvgIpc) is 1.55. The van der Waals surface area contributed by atoms with Gasteiger partial charge in [0.05, 0.1) is 36.4 Å². The zero-order valence-electron chi connectivity index (χ0n) is 52.5. The highest BCUT2D eigenvalue weighted by molar-refractivity contribution is 7.10. The number of benzene rings is 2. The Bertz CT molecular complexity index is 3110. The first-order valence-electron chi connectivity index (χ1n) is 32.8. The van der Waals surface area contributed by atoms with Gasteiger partial charge in [-0.3, -0.25) is 28.9 Å². The van der Waals surface area contributed by atoms with E-state index >= 15 is 8.78 Å². The van der Waals surface area contributed by atoms with E-state index in [0.29, 0.717) is 99.5 Å². The first-order valence-corrected chi connectivity index (χ1v) is 33.7. The Morgan fingerprint density at radius 2 is 1.58 bits per heavy atom. The number of piperidine rings is 2. The predicted octanol–water partition coefficient (Wildman–Crippen LogP) is 6.63. The van der Waals surface area contributed by atoms with Crippen molar-refractivity contribution in [2.75, 3.05) is 127 Å². The van der Waals surface area contributed by atoms with Gasteiger partial charge in [0.1, 0.15) is 58.7 Å². The van der Waals surface area contributed by atoms with Crippen molar-refractivity contribution >= 4 is 58.1 Å². The standard InChI is InChI=1S/C66H92F2N14O6S/c1-44(69-4)62(86)75-60(45-11-6-5-7-12-45)64(87)82-24-9-15-54(82)63-74-53(41-89-63)61(85)46-13-8-14-50(31-46)88-30-22-71-58(83)16-25-79-38-48-36-78(37-49(48)39-79)23-10-21-70-56-34-57(73-43-72-56)80-28-19-66(20-29-80)42-81(40-59(84)76-66)55-33-51(67)47(32-52(55)68)35-77-26-17-65(2,3)18-27-77/h8,13-14,31-34,41,43-45,48-49,54,60,69H,5-7,9-12,15-30,35-40,42H2,1-4H3,(H,71,83)(H,75,86)(H,76,84)(H,70,72,73)/t44-,48-,49+,54-,60-/m0/s1. The van der Waals surface area contributed by atoms with Crippen LogP contribution in [0.3, 0.4) is 0 Å². The van der Waals surface area contributed by atoms with Crippen molar-refractivity contribution in [3.8, 4) is 5.75 Å². The van der Waals surface area contributed by atoms with Gasteiger partial charge in [-0.1, -0.05) is 45.2 Å². The third-order valence-corrected chi connectivity index (χ3v) is 21.1. The Hall–Kier alpha value is -6.40. The second-order valence-electron chi connectivity index (χ2n) is 27.0. The fourth-order valence-corrected chi connectivity index (χ4v) is 15.6. The van der Waals surface area contributed by atoms with Gasteiger partial charge in [0.15, 0.2) is 0 Å². The van der Waals surface area contributed by atoms with Gasteiger partial charge in [0.25, 0.3) is 0 Å². The smallest absolute Gasteiger partial charge is 0.246 e. The number of ether oxygens (including phenoxy) is 1. The lowest BCUT2D eigenvalue weighted by Crippen LogP contribution is -2.66. The van der Waals surface area contributed by atoms with Crippen molar-refractivity contribution in [2.45, 2.75) is 134 Å². The lowest BCUT2D eigenvalue weighted by molar-refractivity contribution is -0.139. The quantitative estimate of drug-likeness (QED) is 0.0368. The normalized spacial score (nSPS) is 23.1. The molecule has 5 N–H and O–H groups in total. The number of nitrogens with zero attached hydrogens (tertiary/aromatic N) is 9. The number of amides is 4. The van der Waals surface area contributed by atoms with Crippen LogP contribution in [0.1, 0.15) is 137 Å². The highest BCUT2D eigenvalue weighted by Gasteiger charge is 2.44. The van der Waals surface area contributed by atoms with Crippen LogP contribution in [0.25, 0.3) is 0 Å². The van der Waals surface area contributed by atoms with Crippen LogP contribution in [0, 0.1) is 34.8 Å². The van der Waals surface area contributed by atoms with Gasteiger partial charge < -0.3 is 55.8 Å². The minimum absolute atomic E-state index is 0.0205. The maximum atomic E-state index is 15.8. The van der Waals surface area contributed by atoms with Crippen molar-refractivity contribution in [2.24, 2.45) is 23.2 Å². The zero-order valence-corrected chi connectivity index (χ0v) is 53.3. The number of thiazole rings is 1. The van der Waals surface area contributed by atoms with Crippen LogP contribution >= 0.6 is 11.3 Å². The van der Waals surface area contributed by atoms with Gasteiger partial charge in [-0.25, -0.2) is 23.7 Å². The van der Waals surface area contributed by atoms with E-state index in [-0.39, 0.29) is 65.6 Å². The molecule has 4 aromatic rings. The molecule has 1 spiro atoms. The first kappa shape index (κ1) is 64.1. The summed E-state index contributed by atoms with van der Waals surface area (Å²) in [5, 5.41) is 18.3. The molecule has 0 radical (unpaired) electrons. The SMILES string of the molecule is CN[C@@H](C)C(=O)N[C@H](C(=O)N1CCC[C@H]1c1nc(C(=O)c2cccc(OCCNC(=O)CCN3C[C@H]4CN(CCCNc5cc(N6CCC7(CC6)CN(c6cc(F)c(CN8CCC(C)(C)CC8)cc6F)CC(=O)N7)ncn5)C[C@H]4C3)c2)cs1)C1CCCCC1. The number of hydrogen-bond acceptors (Lipinski definition) is 17. The highest BCUT2D eigenvalue weighted by atomic mass is 32.1. The van der Waals surface area contributed by atoms with Crippen LogP contribution in [0.2, 0.25) is 0 Å². The monoisotopic (exact) mass is 1250 g/mol. The van der Waals surface area contributed by atoms with Gasteiger partial charge in [0.2, 0.25) is 29.4 Å². The summed E-state index contributed by atoms with van der Waals surface area (Å²) < 4.78 is 37.3. The van der Waals surface area contributed by atoms with Crippen molar-refractivity contribution in [1.29, 1.82) is 0 Å². The number of aromatic nitrogens is 3. The maximum Gasteiger partial charge on any atom is 0.246 e. The van der Waals surface area contributed by atoms with Crippen LogP contribution in [0.4, 0.5) is 26.1 Å². The molecule has 20 nitrogen and oxygen atoms in total. The summed E-state index contributed by atoms with van der Waals surface area (Å²) >= 11 is 1.39. The molecule has 7 fully saturated rings. The minimum atomic E-state index is -0.592. The fraction of sp³-hybridized carbons (Fsp3) is 0.636. The minimum Gasteiger partial charge on any atom is -0.492 e. The number of nitrogens with one attached hydrogen (secondary N) is 5. The second-order valence-corrected chi connectivity index (χ2v) is 27.9. The Kier molecular flexibility index (Phi) is 20.8. The number of rotatable bonds is 24. The third kappa shape index (κ3) is 16.0. The summed E-state index contributed by atoms with van der Waals surface area (Å²) in [7, 11) is 1.74. The molecule has 1 aliphatic carbocycles. The van der Waals surface area contributed by atoms with Crippen LogP contribution < -0.4 is 41.1 Å². The molecule has 2 aromatic carbocycles. The van der Waals surface area contributed by atoms with E-state index in [1.807, 2.05) is 11.0 Å². The average molecular weight is 1250 g/mol. The molecule has 5 atom stereocenters. The number of likely N-dealkylation sites (N-methyl/N-ethyl adjacent to an activating group) is 1. The number of likely N-dealkylation sites (tertiary alicyclic amines) is 4. The number of anilines is 3. The van der Waals surface area contributed by atoms with Gasteiger partial charge in [-0.15, -0.1) is 11.3 Å². The van der Waals surface area contributed by atoms with Gasteiger partial charge in [-0.2, -0.15) is 0 Å². The summed E-state index contributed by atoms with van der Waals surface area (Å²) in [5.41, 5.74) is 0.951. The number of carbonyl (C=O) groups is 5. The molecule has 4 amide bonds. The molecule has 0 bridgehead atoms. The number of piperazine rings is 1. The Labute approximate surface area is 527 Å². The second kappa shape index (κ2) is 28.8. The molecule has 482 valence electrons. The van der Waals surface area contributed by atoms with Crippen LogP contribution in [0.15, 0.2) is 54.2 Å². The summed E-state index contributed by atoms with van der Waals surface area (Å²) in [6, 6.07) is 10.3. The van der Waals surface area contributed by atoms with E-state index in [0.717, 1.165) is 133 Å². The summed E-state index contributed by atoms with van der Waals surface area (Å²) in [6.45, 7) is 17.7. The molecule has 89 heavy (non-hydrogen) atoms. The van der Waals surface area contributed by atoms with Crippen LogP contribution in [0.5, 0.6) is 5.75 Å². The van der Waals surface area contributed by atoms with Gasteiger partial charge in [-0.05, 0) is 133 Å².